The molecule has 0 unspecified atom stereocenters. The molecule has 8 nitrogen and oxygen atoms in total. The molecule has 14 heteroatoms. The minimum absolute atomic E-state index is 0.0395. The third-order valence-corrected chi connectivity index (χ3v) is 8.09. The number of fused-ring (bicyclic) bond motifs is 1. The molecule has 0 saturated heterocycles. The van der Waals surface area contributed by atoms with Gasteiger partial charge in [-0.1, -0.05) is 42.6 Å². The number of anilines is 3. The first-order valence-electron chi connectivity index (χ1n) is 11.3. The van der Waals surface area contributed by atoms with Crippen LogP contribution in [0.2, 0.25) is 10.0 Å². The van der Waals surface area contributed by atoms with Gasteiger partial charge >= 0.3 is 21.6 Å². The number of halogens is 5. The first-order chi connectivity index (χ1) is 17.4. The highest BCUT2D eigenvalue weighted by atomic mass is 35.5. The van der Waals surface area contributed by atoms with Gasteiger partial charge in [-0.15, -0.1) is 0 Å². The maximum absolute atomic E-state index is 13.1. The van der Waals surface area contributed by atoms with E-state index in [1.165, 1.54) is 16.8 Å². The van der Waals surface area contributed by atoms with Crippen molar-refractivity contribution in [2.45, 2.75) is 38.1 Å². The molecular weight excluding hydrogens is 554 g/mol. The normalized spacial score (nSPS) is 13.5. The summed E-state index contributed by atoms with van der Waals surface area (Å²) >= 11 is 12.1. The quantitative estimate of drug-likeness (QED) is 0.341. The SMILES string of the molecule is CCCCc1cc(NC(=O)Nc2cccc(Cl)c2Cl)n(-c2ccc3c(c2)CCN3S(=O)(=O)C(F)(F)F)n1. The van der Waals surface area contributed by atoms with E-state index in [0.29, 0.717) is 39.2 Å². The Morgan fingerprint density at radius 1 is 1.14 bits per heavy atom. The van der Waals surface area contributed by atoms with Gasteiger partial charge in [0.2, 0.25) is 0 Å². The number of aromatic nitrogens is 2. The zero-order valence-electron chi connectivity index (χ0n) is 19.4. The predicted molar refractivity (Wildman–Crippen MR) is 137 cm³/mol. The van der Waals surface area contributed by atoms with E-state index in [-0.39, 0.29) is 28.7 Å². The molecule has 2 N–H and O–H groups in total. The highest BCUT2D eigenvalue weighted by Crippen LogP contribution is 2.38. The Balaban J connectivity index is 1.64. The van der Waals surface area contributed by atoms with E-state index >= 15 is 0 Å². The van der Waals surface area contributed by atoms with Gasteiger partial charge < -0.3 is 5.32 Å². The van der Waals surface area contributed by atoms with Crippen molar-refractivity contribution < 1.29 is 26.4 Å². The zero-order chi connectivity index (χ0) is 27.0. The number of hydrogen-bond donors (Lipinski definition) is 2. The van der Waals surface area contributed by atoms with Crippen molar-refractivity contribution in [3.63, 3.8) is 0 Å². The van der Waals surface area contributed by atoms with Gasteiger partial charge in [-0.25, -0.2) is 9.48 Å². The number of hydrogen-bond acceptors (Lipinski definition) is 4. The molecule has 4 rings (SSSR count). The zero-order valence-corrected chi connectivity index (χ0v) is 21.8. The third-order valence-electron chi connectivity index (χ3n) is 5.73. The van der Waals surface area contributed by atoms with Crippen molar-refractivity contribution in [1.82, 2.24) is 9.78 Å². The van der Waals surface area contributed by atoms with Crippen LogP contribution in [0.4, 0.5) is 35.2 Å². The van der Waals surface area contributed by atoms with Crippen LogP contribution in [-0.4, -0.2) is 36.3 Å². The fraction of sp³-hybridized carbons (Fsp3) is 0.304. The summed E-state index contributed by atoms with van der Waals surface area (Å²) in [6.45, 7) is 1.70. The molecule has 0 spiro atoms. The van der Waals surface area contributed by atoms with Crippen LogP contribution in [0.15, 0.2) is 42.5 Å². The van der Waals surface area contributed by atoms with Crippen LogP contribution in [0, 0.1) is 0 Å². The number of carbonyl (C=O) groups excluding carboxylic acids is 1. The Kier molecular flexibility index (Phi) is 7.63. The van der Waals surface area contributed by atoms with Crippen molar-refractivity contribution in [3.05, 3.63) is 63.8 Å². The van der Waals surface area contributed by atoms with Crippen molar-refractivity contribution in [2.75, 3.05) is 21.5 Å². The Morgan fingerprint density at radius 3 is 2.59 bits per heavy atom. The molecule has 0 aliphatic carbocycles. The first-order valence-corrected chi connectivity index (χ1v) is 13.4. The van der Waals surface area contributed by atoms with Crippen molar-refractivity contribution in [2.24, 2.45) is 0 Å². The number of nitrogens with one attached hydrogen (secondary N) is 2. The lowest BCUT2D eigenvalue weighted by atomic mass is 10.1. The molecule has 1 aliphatic rings. The summed E-state index contributed by atoms with van der Waals surface area (Å²) in [7, 11) is -5.51. The number of benzene rings is 2. The molecule has 2 amide bonds. The summed E-state index contributed by atoms with van der Waals surface area (Å²) in [4.78, 5) is 12.7. The minimum Gasteiger partial charge on any atom is -0.306 e. The maximum Gasteiger partial charge on any atom is 0.516 e. The fourth-order valence-corrected chi connectivity index (χ4v) is 5.30. The number of unbranched alkanes of at least 4 members (excludes halogenated alkanes) is 1. The molecule has 198 valence electrons. The number of alkyl halides is 3. The van der Waals surface area contributed by atoms with Crippen LogP contribution in [0.3, 0.4) is 0 Å². The van der Waals surface area contributed by atoms with E-state index < -0.39 is 21.6 Å². The van der Waals surface area contributed by atoms with Crippen LogP contribution < -0.4 is 14.9 Å². The average molecular weight is 576 g/mol. The maximum atomic E-state index is 13.1. The monoisotopic (exact) mass is 575 g/mol. The van der Waals surface area contributed by atoms with Crippen molar-refractivity contribution in [3.8, 4) is 5.69 Å². The largest absolute Gasteiger partial charge is 0.516 e. The van der Waals surface area contributed by atoms with Gasteiger partial charge in [0.05, 0.1) is 32.8 Å². The molecule has 0 radical (unpaired) electrons. The smallest absolute Gasteiger partial charge is 0.306 e. The lowest BCUT2D eigenvalue weighted by Crippen LogP contribution is -2.39. The molecule has 2 heterocycles. The van der Waals surface area contributed by atoms with Gasteiger partial charge in [0.15, 0.2) is 0 Å². The van der Waals surface area contributed by atoms with Crippen LogP contribution in [0.25, 0.3) is 5.69 Å². The summed E-state index contributed by atoms with van der Waals surface area (Å²) in [6, 6.07) is 10.2. The molecule has 0 fully saturated rings. The summed E-state index contributed by atoms with van der Waals surface area (Å²) in [6.07, 6.45) is 2.52. The number of carbonyl (C=O) groups is 1. The van der Waals surface area contributed by atoms with Gasteiger partial charge in [-0.2, -0.15) is 26.7 Å². The summed E-state index contributed by atoms with van der Waals surface area (Å²) in [5, 5.41) is 10.3. The summed E-state index contributed by atoms with van der Waals surface area (Å²) < 4.78 is 65.0. The Bertz CT molecular complexity index is 1440. The van der Waals surface area contributed by atoms with Crippen LogP contribution in [-0.2, 0) is 22.9 Å². The number of aryl methyl sites for hydroxylation is 1. The molecule has 1 aliphatic heterocycles. The lowest BCUT2D eigenvalue weighted by Gasteiger charge is -2.21. The summed E-state index contributed by atoms with van der Waals surface area (Å²) in [5.74, 6) is 0.305. The number of amides is 2. The average Bonchev–Trinajstić information content (AvgIpc) is 3.43. The van der Waals surface area contributed by atoms with E-state index in [1.807, 2.05) is 6.92 Å². The predicted octanol–water partition coefficient (Wildman–Crippen LogP) is 6.38. The highest BCUT2D eigenvalue weighted by Gasteiger charge is 2.51. The van der Waals surface area contributed by atoms with E-state index in [0.717, 1.165) is 12.8 Å². The Hall–Kier alpha value is -2.96. The Labute approximate surface area is 221 Å². The second kappa shape index (κ2) is 10.4. The van der Waals surface area contributed by atoms with Crippen molar-refractivity contribution in [1.29, 1.82) is 0 Å². The topological polar surface area (TPSA) is 96.3 Å². The van der Waals surface area contributed by atoms with Crippen LogP contribution in [0.1, 0.15) is 31.0 Å². The van der Waals surface area contributed by atoms with Gasteiger partial charge in [0, 0.05) is 12.6 Å². The van der Waals surface area contributed by atoms with Gasteiger partial charge in [-0.3, -0.25) is 9.62 Å². The van der Waals surface area contributed by atoms with E-state index in [9.17, 15) is 26.4 Å². The van der Waals surface area contributed by atoms with Gasteiger partial charge in [0.1, 0.15) is 5.82 Å². The lowest BCUT2D eigenvalue weighted by molar-refractivity contribution is -0.0437. The number of nitrogens with zero attached hydrogens (tertiary/aromatic N) is 3. The molecule has 37 heavy (non-hydrogen) atoms. The number of sulfonamides is 1. The molecule has 2 aromatic carbocycles. The van der Waals surface area contributed by atoms with Crippen molar-refractivity contribution >= 4 is 56.4 Å². The second-order valence-electron chi connectivity index (χ2n) is 8.30. The second-order valence-corrected chi connectivity index (χ2v) is 10.9. The molecule has 0 atom stereocenters. The van der Waals surface area contributed by atoms with Gasteiger partial charge in [0.25, 0.3) is 0 Å². The molecule has 0 saturated carbocycles. The number of rotatable bonds is 7. The van der Waals surface area contributed by atoms with E-state index in [1.54, 1.807) is 30.3 Å². The van der Waals surface area contributed by atoms with Crippen LogP contribution in [0.5, 0.6) is 0 Å². The standard InChI is InChI=1S/C23H22Cl2F3N5O3S/c1-2-3-5-15-13-20(30-22(34)29-18-7-4-6-17(24)21(18)25)33(31-15)16-8-9-19-14(12-16)10-11-32(19)37(35,36)23(26,27)28/h4,6-9,12-13H,2-3,5,10-11H2,1H3,(H2,29,30,34). The minimum atomic E-state index is -5.51. The third kappa shape index (κ3) is 5.51. The molecule has 1 aromatic heterocycles. The van der Waals surface area contributed by atoms with E-state index in [2.05, 4.69) is 15.7 Å². The van der Waals surface area contributed by atoms with E-state index in [4.69, 9.17) is 23.2 Å². The van der Waals surface area contributed by atoms with Crippen LogP contribution >= 0.6 is 23.2 Å². The molecule has 3 aromatic rings. The van der Waals surface area contributed by atoms with Gasteiger partial charge in [-0.05, 0) is 55.2 Å². The summed E-state index contributed by atoms with van der Waals surface area (Å²) in [5.41, 5.74) is -3.59. The highest BCUT2D eigenvalue weighted by molar-refractivity contribution is 7.93. The molecule has 0 bridgehead atoms. The molecular formula is C23H22Cl2F3N5O3S. The fourth-order valence-electron chi connectivity index (χ4n) is 3.93. The Morgan fingerprint density at radius 2 is 1.89 bits per heavy atom. The number of urea groups is 1. The first kappa shape index (κ1) is 27.1.